The smallest absolute Gasteiger partial charge is 0.232 e. The summed E-state index contributed by atoms with van der Waals surface area (Å²) in [6.45, 7) is 4.20. The molecular formula is C20H26N2O3S2. The van der Waals surface area contributed by atoms with Gasteiger partial charge in [0.2, 0.25) is 15.9 Å². The van der Waals surface area contributed by atoms with Gasteiger partial charge in [-0.1, -0.05) is 12.1 Å². The lowest BCUT2D eigenvalue weighted by Gasteiger charge is -2.23. The van der Waals surface area contributed by atoms with E-state index < -0.39 is 10.0 Å². The highest BCUT2D eigenvalue weighted by Crippen LogP contribution is 2.22. The van der Waals surface area contributed by atoms with Crippen molar-refractivity contribution < 1.29 is 13.2 Å². The lowest BCUT2D eigenvalue weighted by atomic mass is 10.1. The van der Waals surface area contributed by atoms with E-state index in [2.05, 4.69) is 5.32 Å². The number of hydrogen-bond acceptors (Lipinski definition) is 4. The molecule has 0 saturated carbocycles. The van der Waals surface area contributed by atoms with Gasteiger partial charge in [-0.2, -0.15) is 0 Å². The van der Waals surface area contributed by atoms with E-state index in [1.807, 2.05) is 56.5 Å². The highest BCUT2D eigenvalue weighted by Gasteiger charge is 2.18. The summed E-state index contributed by atoms with van der Waals surface area (Å²) in [5.74, 6) is -0.123. The number of amides is 1. The zero-order chi connectivity index (χ0) is 20.0. The maximum Gasteiger partial charge on any atom is 0.232 e. The highest BCUT2D eigenvalue weighted by molar-refractivity contribution is 7.98. The van der Waals surface area contributed by atoms with Crippen molar-refractivity contribution >= 4 is 39.1 Å². The minimum absolute atomic E-state index is 0.123. The Morgan fingerprint density at radius 1 is 1.11 bits per heavy atom. The molecule has 0 bridgehead atoms. The van der Waals surface area contributed by atoms with Crippen molar-refractivity contribution in [3.8, 4) is 0 Å². The zero-order valence-electron chi connectivity index (χ0n) is 16.2. The highest BCUT2D eigenvalue weighted by atomic mass is 32.2. The van der Waals surface area contributed by atoms with Gasteiger partial charge in [-0.15, -0.1) is 11.8 Å². The van der Waals surface area contributed by atoms with Crippen LogP contribution in [0.1, 0.15) is 24.0 Å². The predicted octanol–water partition coefficient (Wildman–Crippen LogP) is 4.21. The van der Waals surface area contributed by atoms with Crippen LogP contribution in [-0.4, -0.2) is 33.4 Å². The van der Waals surface area contributed by atoms with E-state index >= 15 is 0 Å². The molecule has 5 nitrogen and oxygen atoms in total. The Hall–Kier alpha value is -1.99. The average Bonchev–Trinajstić information content (AvgIpc) is 2.60. The number of rotatable bonds is 8. The van der Waals surface area contributed by atoms with Gasteiger partial charge in [-0.25, -0.2) is 8.42 Å². The Labute approximate surface area is 166 Å². The lowest BCUT2D eigenvalue weighted by Crippen LogP contribution is -2.31. The quantitative estimate of drug-likeness (QED) is 0.667. The lowest BCUT2D eigenvalue weighted by molar-refractivity contribution is -0.116. The molecule has 1 amide bonds. The standard InChI is InChI=1S/C20H26N2O3S2/c1-15-10-11-18(13-16(15)2)22(27(4,24)25)12-6-9-20(23)21-17-7-5-8-19(14-17)26-3/h5,7-8,10-11,13-14H,6,9,12H2,1-4H3,(H,21,23). The minimum Gasteiger partial charge on any atom is -0.326 e. The second kappa shape index (κ2) is 9.28. The van der Waals surface area contributed by atoms with Crippen LogP contribution in [-0.2, 0) is 14.8 Å². The van der Waals surface area contributed by atoms with Crippen molar-refractivity contribution in [2.75, 3.05) is 28.7 Å². The van der Waals surface area contributed by atoms with Gasteiger partial charge < -0.3 is 5.32 Å². The van der Waals surface area contributed by atoms with E-state index in [0.717, 1.165) is 21.7 Å². The van der Waals surface area contributed by atoms with Gasteiger partial charge in [0.25, 0.3) is 0 Å². The second-order valence-corrected chi connectivity index (χ2v) is 9.27. The normalized spacial score (nSPS) is 11.3. The Balaban J connectivity index is 1.99. The van der Waals surface area contributed by atoms with Crippen LogP contribution in [0.5, 0.6) is 0 Å². The van der Waals surface area contributed by atoms with Crippen LogP contribution < -0.4 is 9.62 Å². The van der Waals surface area contributed by atoms with Gasteiger partial charge in [0.15, 0.2) is 0 Å². The number of anilines is 2. The summed E-state index contributed by atoms with van der Waals surface area (Å²) in [6.07, 6.45) is 3.86. The van der Waals surface area contributed by atoms with Gasteiger partial charge in [-0.05, 0) is 68.0 Å². The number of carbonyl (C=O) groups excluding carboxylic acids is 1. The monoisotopic (exact) mass is 406 g/mol. The molecule has 0 heterocycles. The van der Waals surface area contributed by atoms with Crippen LogP contribution in [0.25, 0.3) is 0 Å². The van der Waals surface area contributed by atoms with Crippen LogP contribution in [0, 0.1) is 13.8 Å². The number of nitrogens with one attached hydrogen (secondary N) is 1. The van der Waals surface area contributed by atoms with Crippen molar-refractivity contribution in [1.29, 1.82) is 0 Å². The van der Waals surface area contributed by atoms with Crippen molar-refractivity contribution in [2.45, 2.75) is 31.6 Å². The Bertz CT molecular complexity index is 911. The van der Waals surface area contributed by atoms with Gasteiger partial charge >= 0.3 is 0 Å². The Kier molecular flexibility index (Phi) is 7.33. The molecule has 0 atom stereocenters. The summed E-state index contributed by atoms with van der Waals surface area (Å²) >= 11 is 1.61. The predicted molar refractivity (Wildman–Crippen MR) is 114 cm³/mol. The van der Waals surface area contributed by atoms with Crippen molar-refractivity contribution in [3.63, 3.8) is 0 Å². The maximum atomic E-state index is 12.2. The molecule has 0 spiro atoms. The fraction of sp³-hybridized carbons (Fsp3) is 0.350. The number of sulfonamides is 1. The third-order valence-corrected chi connectivity index (χ3v) is 6.22. The van der Waals surface area contributed by atoms with Crippen molar-refractivity contribution in [3.05, 3.63) is 53.6 Å². The van der Waals surface area contributed by atoms with Gasteiger partial charge in [-0.3, -0.25) is 9.10 Å². The molecule has 27 heavy (non-hydrogen) atoms. The Morgan fingerprint density at radius 3 is 2.48 bits per heavy atom. The first-order valence-corrected chi connectivity index (χ1v) is 11.8. The third-order valence-electron chi connectivity index (χ3n) is 4.30. The molecule has 1 N–H and O–H groups in total. The van der Waals surface area contributed by atoms with Gasteiger partial charge in [0, 0.05) is 23.5 Å². The molecule has 2 aromatic carbocycles. The van der Waals surface area contributed by atoms with E-state index in [0.29, 0.717) is 12.1 Å². The molecule has 0 aliphatic rings. The van der Waals surface area contributed by atoms with E-state index in [4.69, 9.17) is 0 Å². The topological polar surface area (TPSA) is 66.5 Å². The first kappa shape index (κ1) is 21.3. The number of benzene rings is 2. The van der Waals surface area contributed by atoms with Crippen molar-refractivity contribution in [1.82, 2.24) is 0 Å². The molecule has 7 heteroatoms. The Morgan fingerprint density at radius 2 is 1.85 bits per heavy atom. The first-order chi connectivity index (χ1) is 12.7. The molecule has 0 unspecified atom stereocenters. The van der Waals surface area contributed by atoms with Gasteiger partial charge in [0.1, 0.15) is 0 Å². The van der Waals surface area contributed by atoms with E-state index in [1.54, 1.807) is 17.8 Å². The third kappa shape index (κ3) is 6.29. The number of nitrogens with zero attached hydrogens (tertiary/aromatic N) is 1. The number of aryl methyl sites for hydroxylation is 2. The molecule has 0 aliphatic heterocycles. The van der Waals surface area contributed by atoms with Crippen LogP contribution in [0.15, 0.2) is 47.4 Å². The molecule has 0 saturated heterocycles. The van der Waals surface area contributed by atoms with Crippen LogP contribution in [0.2, 0.25) is 0 Å². The molecule has 2 aromatic rings. The maximum absolute atomic E-state index is 12.2. The summed E-state index contributed by atoms with van der Waals surface area (Å²) in [5, 5.41) is 2.87. The van der Waals surface area contributed by atoms with Crippen molar-refractivity contribution in [2.24, 2.45) is 0 Å². The van der Waals surface area contributed by atoms with E-state index in [1.165, 1.54) is 10.6 Å². The minimum atomic E-state index is -3.41. The first-order valence-electron chi connectivity index (χ1n) is 8.69. The molecule has 2 rings (SSSR count). The average molecular weight is 407 g/mol. The fourth-order valence-corrected chi connectivity index (χ4v) is 4.09. The van der Waals surface area contributed by atoms with Crippen LogP contribution in [0.3, 0.4) is 0 Å². The summed E-state index contributed by atoms with van der Waals surface area (Å²) in [4.78, 5) is 13.3. The molecular weight excluding hydrogens is 380 g/mol. The molecule has 0 aliphatic carbocycles. The summed E-state index contributed by atoms with van der Waals surface area (Å²) in [6, 6.07) is 13.2. The SMILES string of the molecule is CSc1cccc(NC(=O)CCCN(c2ccc(C)c(C)c2)S(C)(=O)=O)c1. The fourth-order valence-electron chi connectivity index (χ4n) is 2.67. The molecule has 146 valence electrons. The number of carbonyl (C=O) groups is 1. The number of thioether (sulfide) groups is 1. The van der Waals surface area contributed by atoms with Gasteiger partial charge in [0.05, 0.1) is 11.9 Å². The van der Waals surface area contributed by atoms with Crippen LogP contribution >= 0.6 is 11.8 Å². The van der Waals surface area contributed by atoms with E-state index in [-0.39, 0.29) is 18.9 Å². The molecule has 0 fully saturated rings. The second-order valence-electron chi connectivity index (χ2n) is 6.49. The summed E-state index contributed by atoms with van der Waals surface area (Å²) in [5.41, 5.74) is 3.53. The summed E-state index contributed by atoms with van der Waals surface area (Å²) in [7, 11) is -3.41. The largest absolute Gasteiger partial charge is 0.326 e. The number of hydrogen-bond donors (Lipinski definition) is 1. The molecule has 0 radical (unpaired) electrons. The molecule has 0 aromatic heterocycles. The van der Waals surface area contributed by atoms with Crippen LogP contribution in [0.4, 0.5) is 11.4 Å². The zero-order valence-corrected chi connectivity index (χ0v) is 17.8. The van der Waals surface area contributed by atoms with E-state index in [9.17, 15) is 13.2 Å². The summed E-state index contributed by atoms with van der Waals surface area (Å²) < 4.78 is 25.7.